The molecule has 0 saturated carbocycles. The van der Waals surface area contributed by atoms with Gasteiger partial charge < -0.3 is 0 Å². The number of piperidine rings is 1. The highest BCUT2D eigenvalue weighted by molar-refractivity contribution is 9.09. The lowest BCUT2D eigenvalue weighted by Crippen LogP contribution is -2.46. The number of hydrogen-bond acceptors (Lipinski definition) is 4. The number of sulfonamides is 1. The maximum Gasteiger partial charge on any atom is 0.245 e. The lowest BCUT2D eigenvalue weighted by Gasteiger charge is -2.36. The topological polar surface area (TPSA) is 62.1 Å². The molecule has 0 radical (unpaired) electrons. The van der Waals surface area contributed by atoms with Crippen LogP contribution in [-0.2, 0) is 21.4 Å². The zero-order valence-electron chi connectivity index (χ0n) is 11.1. The van der Waals surface area contributed by atoms with Crippen LogP contribution in [-0.4, -0.2) is 29.6 Å². The highest BCUT2D eigenvalue weighted by Crippen LogP contribution is 2.45. The molecular formula is C13H14BrN3O2S2. The van der Waals surface area contributed by atoms with Gasteiger partial charge in [0.2, 0.25) is 10.0 Å². The summed E-state index contributed by atoms with van der Waals surface area (Å²) in [5.41, 5.74) is 1.16. The number of rotatable bonds is 2. The average molecular weight is 388 g/mol. The fraction of sp³-hybridized carbons (Fsp3) is 0.538. The SMILES string of the molecule is O=S(=O)(c1cccc2c1N=S=N2)N1C2CCC1CC(Br)C2. The van der Waals surface area contributed by atoms with Gasteiger partial charge in [0.05, 0.1) is 11.4 Å². The molecule has 0 aromatic heterocycles. The van der Waals surface area contributed by atoms with E-state index in [9.17, 15) is 8.42 Å². The Morgan fingerprint density at radius 2 is 1.90 bits per heavy atom. The van der Waals surface area contributed by atoms with Crippen LogP contribution >= 0.6 is 15.9 Å². The first-order valence-corrected chi connectivity index (χ1v) is 10.0. The molecular weight excluding hydrogens is 374 g/mol. The van der Waals surface area contributed by atoms with Gasteiger partial charge in [-0.15, -0.1) is 0 Å². The van der Waals surface area contributed by atoms with Gasteiger partial charge in [-0.3, -0.25) is 0 Å². The quantitative estimate of drug-likeness (QED) is 0.740. The van der Waals surface area contributed by atoms with Crippen LogP contribution in [0.3, 0.4) is 0 Å². The fourth-order valence-corrected chi connectivity index (χ4v) is 7.07. The molecule has 3 aliphatic heterocycles. The Kier molecular flexibility index (Phi) is 3.33. The minimum Gasteiger partial charge on any atom is -0.207 e. The molecule has 2 unspecified atom stereocenters. The molecule has 4 rings (SSSR count). The number of benzene rings is 1. The first-order valence-electron chi connectivity index (χ1n) is 6.96. The second-order valence-corrected chi connectivity index (χ2v) is 9.31. The summed E-state index contributed by atoms with van der Waals surface area (Å²) in [4.78, 5) is 0.733. The van der Waals surface area contributed by atoms with Crippen LogP contribution in [0.4, 0.5) is 11.4 Å². The highest BCUT2D eigenvalue weighted by Gasteiger charge is 2.47. The Bertz CT molecular complexity index is 760. The molecule has 0 spiro atoms. The molecule has 0 amide bonds. The van der Waals surface area contributed by atoms with E-state index in [1.54, 1.807) is 22.5 Å². The van der Waals surface area contributed by atoms with Crippen LogP contribution in [0.1, 0.15) is 25.7 Å². The number of hydrogen-bond donors (Lipinski definition) is 0. The van der Waals surface area contributed by atoms with Gasteiger partial charge in [-0.05, 0) is 37.8 Å². The van der Waals surface area contributed by atoms with Crippen molar-refractivity contribution >= 4 is 48.7 Å². The molecule has 21 heavy (non-hydrogen) atoms. The second-order valence-electron chi connectivity index (χ2n) is 5.68. The number of alkyl halides is 1. The summed E-state index contributed by atoms with van der Waals surface area (Å²) in [6, 6.07) is 5.42. The van der Waals surface area contributed by atoms with Crippen molar-refractivity contribution in [3.05, 3.63) is 18.2 Å². The summed E-state index contributed by atoms with van der Waals surface area (Å²) in [5.74, 6) is 0. The predicted octanol–water partition coefficient (Wildman–Crippen LogP) is 3.49. The average Bonchev–Trinajstić information content (AvgIpc) is 3.01. The van der Waals surface area contributed by atoms with Crippen LogP contribution in [0.25, 0.3) is 0 Å². The van der Waals surface area contributed by atoms with Gasteiger partial charge in [0.25, 0.3) is 0 Å². The third-order valence-electron chi connectivity index (χ3n) is 4.41. The van der Waals surface area contributed by atoms with Gasteiger partial charge >= 0.3 is 0 Å². The normalized spacial score (nSPS) is 31.2. The van der Waals surface area contributed by atoms with Gasteiger partial charge in [0, 0.05) is 16.9 Å². The molecule has 2 fully saturated rings. The molecule has 2 saturated heterocycles. The lowest BCUT2D eigenvalue weighted by atomic mass is 10.1. The van der Waals surface area contributed by atoms with Crippen molar-refractivity contribution in [2.45, 2.75) is 47.5 Å². The van der Waals surface area contributed by atoms with Crippen LogP contribution in [0.15, 0.2) is 31.8 Å². The molecule has 3 aliphatic rings. The Morgan fingerprint density at radius 1 is 1.19 bits per heavy atom. The largest absolute Gasteiger partial charge is 0.245 e. The van der Waals surface area contributed by atoms with Crippen molar-refractivity contribution in [1.29, 1.82) is 0 Å². The Labute approximate surface area is 135 Å². The summed E-state index contributed by atoms with van der Waals surface area (Å²) in [6.45, 7) is 0. The first kappa shape index (κ1) is 14.0. The van der Waals surface area contributed by atoms with Crippen LogP contribution in [0.5, 0.6) is 0 Å². The Morgan fingerprint density at radius 3 is 2.62 bits per heavy atom. The third-order valence-corrected chi connectivity index (χ3v) is 7.74. The number of nitrogens with zero attached hydrogens (tertiary/aromatic N) is 3. The smallest absolute Gasteiger partial charge is 0.207 e. The van der Waals surface area contributed by atoms with E-state index < -0.39 is 10.0 Å². The van der Waals surface area contributed by atoms with Crippen molar-refractivity contribution < 1.29 is 8.42 Å². The molecule has 1 aromatic rings. The summed E-state index contributed by atoms with van der Waals surface area (Å²) < 4.78 is 36.3. The lowest BCUT2D eigenvalue weighted by molar-refractivity contribution is 0.255. The van der Waals surface area contributed by atoms with E-state index in [2.05, 4.69) is 24.7 Å². The highest BCUT2D eigenvalue weighted by atomic mass is 79.9. The fourth-order valence-electron chi connectivity index (χ4n) is 3.56. The second kappa shape index (κ2) is 4.97. The van der Waals surface area contributed by atoms with Gasteiger partial charge in [-0.2, -0.15) is 13.0 Å². The Balaban J connectivity index is 1.79. The zero-order valence-corrected chi connectivity index (χ0v) is 14.4. The number of halogens is 1. The van der Waals surface area contributed by atoms with Crippen molar-refractivity contribution in [1.82, 2.24) is 4.31 Å². The number of fused-ring (bicyclic) bond motifs is 3. The van der Waals surface area contributed by atoms with E-state index in [-0.39, 0.29) is 12.1 Å². The van der Waals surface area contributed by atoms with E-state index in [0.717, 1.165) is 37.0 Å². The molecule has 2 bridgehead atoms. The summed E-state index contributed by atoms with van der Waals surface area (Å²) in [6.07, 6.45) is 3.69. The van der Waals surface area contributed by atoms with Crippen LogP contribution in [0.2, 0.25) is 0 Å². The van der Waals surface area contributed by atoms with Gasteiger partial charge in [-0.25, -0.2) is 8.42 Å². The van der Waals surface area contributed by atoms with E-state index in [4.69, 9.17) is 0 Å². The van der Waals surface area contributed by atoms with Crippen molar-refractivity contribution in [2.24, 2.45) is 8.73 Å². The van der Waals surface area contributed by atoms with E-state index in [0.29, 0.717) is 21.1 Å². The molecule has 112 valence electrons. The molecule has 1 aromatic carbocycles. The molecule has 0 N–H and O–H groups in total. The molecule has 3 heterocycles. The third kappa shape index (κ3) is 2.15. The molecule has 8 heteroatoms. The maximum absolute atomic E-state index is 13.1. The monoisotopic (exact) mass is 387 g/mol. The van der Waals surface area contributed by atoms with Crippen LogP contribution in [0, 0.1) is 0 Å². The van der Waals surface area contributed by atoms with Crippen molar-refractivity contribution in [3.63, 3.8) is 0 Å². The van der Waals surface area contributed by atoms with Gasteiger partial charge in [0.1, 0.15) is 16.3 Å². The Hall–Kier alpha value is -0.570. The van der Waals surface area contributed by atoms with Crippen molar-refractivity contribution in [3.8, 4) is 0 Å². The molecule has 2 atom stereocenters. The summed E-state index contributed by atoms with van der Waals surface area (Å²) in [7, 11) is -3.50. The minimum absolute atomic E-state index is 0.111. The standard InChI is InChI=1S/C13H14BrN3O2S2/c14-8-6-9-4-5-10(7-8)17(9)21(18,19)12-3-1-2-11-13(12)16-20-15-11/h1-3,8-10H,4-7H2. The van der Waals surface area contributed by atoms with E-state index >= 15 is 0 Å². The maximum atomic E-state index is 13.1. The van der Waals surface area contributed by atoms with Crippen molar-refractivity contribution in [2.75, 3.05) is 0 Å². The van der Waals surface area contributed by atoms with Gasteiger partial charge in [0.15, 0.2) is 0 Å². The van der Waals surface area contributed by atoms with Crippen LogP contribution < -0.4 is 0 Å². The van der Waals surface area contributed by atoms with E-state index in [1.807, 2.05) is 0 Å². The molecule has 0 aliphatic carbocycles. The van der Waals surface area contributed by atoms with E-state index in [1.165, 1.54) is 0 Å². The first-order chi connectivity index (χ1) is 10.1. The summed E-state index contributed by atoms with van der Waals surface area (Å²) in [5, 5.41) is 0. The minimum atomic E-state index is -3.50. The zero-order chi connectivity index (χ0) is 14.6. The summed E-state index contributed by atoms with van der Waals surface area (Å²) >= 11 is 4.71. The van der Waals surface area contributed by atoms with Gasteiger partial charge in [-0.1, -0.05) is 22.0 Å². The molecule has 5 nitrogen and oxygen atoms in total. The predicted molar refractivity (Wildman–Crippen MR) is 85.8 cm³/mol.